The maximum atomic E-state index is 13.2. The van der Waals surface area contributed by atoms with E-state index in [-0.39, 0.29) is 40.3 Å². The average molecular weight is 422 g/mol. The van der Waals surface area contributed by atoms with Crippen LogP contribution in [0.5, 0.6) is 0 Å². The molecular formula is C17H17Cl2N7O2. The molecule has 1 fully saturated rings. The molecule has 2 aliphatic rings. The van der Waals surface area contributed by atoms with E-state index in [0.717, 1.165) is 24.6 Å². The van der Waals surface area contributed by atoms with E-state index in [1.807, 2.05) is 6.07 Å². The molecule has 0 radical (unpaired) electrons. The number of anilines is 2. The van der Waals surface area contributed by atoms with Crippen molar-refractivity contribution in [1.29, 1.82) is 0 Å². The number of carbonyl (C=O) groups is 1. The van der Waals surface area contributed by atoms with Crippen molar-refractivity contribution in [3.8, 4) is 0 Å². The molecule has 1 amide bonds. The van der Waals surface area contributed by atoms with Gasteiger partial charge in [-0.05, 0) is 31.4 Å². The van der Waals surface area contributed by atoms with E-state index in [1.54, 1.807) is 18.3 Å². The zero-order chi connectivity index (χ0) is 18.8. The monoisotopic (exact) mass is 421 g/mol. The van der Waals surface area contributed by atoms with Crippen molar-refractivity contribution in [2.24, 2.45) is 0 Å². The predicted molar refractivity (Wildman–Crippen MR) is 108 cm³/mol. The van der Waals surface area contributed by atoms with Crippen molar-refractivity contribution >= 4 is 52.5 Å². The van der Waals surface area contributed by atoms with Gasteiger partial charge in [-0.15, -0.1) is 12.4 Å². The molecule has 1 aliphatic carbocycles. The van der Waals surface area contributed by atoms with Gasteiger partial charge in [-0.3, -0.25) is 14.6 Å². The normalized spacial score (nSPS) is 16.9. The van der Waals surface area contributed by atoms with E-state index in [2.05, 4.69) is 25.6 Å². The molecule has 1 saturated carbocycles. The minimum Gasteiger partial charge on any atom is -0.346 e. The Morgan fingerprint density at radius 3 is 2.79 bits per heavy atom. The Labute approximate surface area is 170 Å². The van der Waals surface area contributed by atoms with Gasteiger partial charge in [-0.1, -0.05) is 11.6 Å². The molecule has 0 bridgehead atoms. The molecule has 0 aromatic carbocycles. The van der Waals surface area contributed by atoms with Crippen molar-refractivity contribution in [3.63, 3.8) is 0 Å². The van der Waals surface area contributed by atoms with Crippen molar-refractivity contribution in [1.82, 2.24) is 24.9 Å². The van der Waals surface area contributed by atoms with E-state index in [0.29, 0.717) is 11.5 Å². The van der Waals surface area contributed by atoms with Gasteiger partial charge in [0.2, 0.25) is 0 Å². The van der Waals surface area contributed by atoms with Crippen LogP contribution in [0, 0.1) is 0 Å². The summed E-state index contributed by atoms with van der Waals surface area (Å²) < 4.78 is 1.36. The minimum atomic E-state index is -0.529. The van der Waals surface area contributed by atoms with Crippen LogP contribution in [0.3, 0.4) is 0 Å². The van der Waals surface area contributed by atoms with Crippen LogP contribution >= 0.6 is 24.0 Å². The minimum absolute atomic E-state index is 0. The molecular weight excluding hydrogens is 405 g/mol. The fraction of sp³-hybridized carbons (Fsp3) is 0.294. The van der Waals surface area contributed by atoms with Crippen molar-refractivity contribution in [2.45, 2.75) is 24.9 Å². The standard InChI is InChI=1S/C17H16ClN7O2.ClH/c1-24-17(4-2-5-17)23-15(26)12-10(18)7-11(16(27)25(12)24)22-14-9-3-6-19-13(9)20-8-21-14;/h3,6-8H,2,4-5H2,1H3,(H,23,26)(H2,19,20,21,22);1H. The van der Waals surface area contributed by atoms with E-state index < -0.39 is 5.66 Å². The number of halogens is 2. The summed E-state index contributed by atoms with van der Waals surface area (Å²) in [6.07, 6.45) is 5.71. The maximum absolute atomic E-state index is 13.2. The Kier molecular flexibility index (Phi) is 4.24. The Hall–Kier alpha value is -2.78. The molecule has 28 heavy (non-hydrogen) atoms. The number of rotatable bonds is 2. The topological polar surface area (TPSA) is 108 Å². The van der Waals surface area contributed by atoms with E-state index in [1.165, 1.54) is 17.1 Å². The van der Waals surface area contributed by atoms with Crippen LogP contribution < -0.4 is 21.2 Å². The van der Waals surface area contributed by atoms with Crippen LogP contribution in [0.4, 0.5) is 11.5 Å². The first-order valence-corrected chi connectivity index (χ1v) is 8.95. The summed E-state index contributed by atoms with van der Waals surface area (Å²) in [5, 5.41) is 8.75. The lowest BCUT2D eigenvalue weighted by Gasteiger charge is -2.53. The SMILES string of the molecule is CN1n2c(c(Cl)cc(Nc3ncnc4[nH]ccc34)c2=O)C(=O)NC12CCC2.Cl. The Morgan fingerprint density at radius 2 is 2.07 bits per heavy atom. The highest BCUT2D eigenvalue weighted by Gasteiger charge is 2.48. The van der Waals surface area contributed by atoms with Gasteiger partial charge in [0.15, 0.2) is 0 Å². The summed E-state index contributed by atoms with van der Waals surface area (Å²) in [7, 11) is 1.79. The van der Waals surface area contributed by atoms with Crippen LogP contribution in [-0.2, 0) is 0 Å². The van der Waals surface area contributed by atoms with E-state index in [9.17, 15) is 9.59 Å². The van der Waals surface area contributed by atoms with Crippen LogP contribution in [0.2, 0.25) is 5.02 Å². The molecule has 0 saturated heterocycles. The van der Waals surface area contributed by atoms with Gasteiger partial charge >= 0.3 is 0 Å². The summed E-state index contributed by atoms with van der Waals surface area (Å²) in [4.78, 5) is 37.1. The van der Waals surface area contributed by atoms with E-state index >= 15 is 0 Å². The summed E-state index contributed by atoms with van der Waals surface area (Å²) in [5.41, 5.74) is 0.142. The second kappa shape index (κ2) is 6.39. The number of amides is 1. The Balaban J connectivity index is 0.00000192. The zero-order valence-corrected chi connectivity index (χ0v) is 16.4. The fourth-order valence-electron chi connectivity index (χ4n) is 3.76. The molecule has 1 aliphatic heterocycles. The first kappa shape index (κ1) is 18.6. The smallest absolute Gasteiger partial charge is 0.293 e. The van der Waals surface area contributed by atoms with Gasteiger partial charge in [-0.25, -0.2) is 14.6 Å². The molecule has 0 atom stereocenters. The second-order valence-corrected chi connectivity index (χ2v) is 7.23. The third-order valence-electron chi connectivity index (χ3n) is 5.40. The predicted octanol–water partition coefficient (Wildman–Crippen LogP) is 2.13. The number of nitrogens with one attached hydrogen (secondary N) is 3. The molecule has 3 aromatic heterocycles. The fourth-order valence-corrected chi connectivity index (χ4v) is 4.03. The number of fused-ring (bicyclic) bond motifs is 2. The Bertz CT molecular complexity index is 1150. The van der Waals surface area contributed by atoms with Gasteiger partial charge in [-0.2, -0.15) is 0 Å². The quantitative estimate of drug-likeness (QED) is 0.584. The van der Waals surface area contributed by atoms with Crippen molar-refractivity contribution in [2.75, 3.05) is 17.4 Å². The van der Waals surface area contributed by atoms with Crippen LogP contribution in [-0.4, -0.2) is 38.2 Å². The van der Waals surface area contributed by atoms with Crippen LogP contribution in [0.15, 0.2) is 29.5 Å². The third kappa shape index (κ3) is 2.46. The van der Waals surface area contributed by atoms with Crippen molar-refractivity contribution < 1.29 is 4.79 Å². The Morgan fingerprint density at radius 1 is 1.29 bits per heavy atom. The highest BCUT2D eigenvalue weighted by molar-refractivity contribution is 6.34. The lowest BCUT2D eigenvalue weighted by atomic mass is 9.83. The lowest BCUT2D eigenvalue weighted by Crippen LogP contribution is -2.72. The number of hydrogen-bond donors (Lipinski definition) is 3. The van der Waals surface area contributed by atoms with Gasteiger partial charge < -0.3 is 15.6 Å². The molecule has 1 spiro atoms. The first-order chi connectivity index (χ1) is 13.0. The molecule has 3 N–H and O–H groups in total. The number of carbonyl (C=O) groups excluding carboxylic acids is 1. The molecule has 9 nitrogen and oxygen atoms in total. The summed E-state index contributed by atoms with van der Waals surface area (Å²) in [6, 6.07) is 3.28. The third-order valence-corrected chi connectivity index (χ3v) is 5.69. The number of H-pyrrole nitrogens is 1. The van der Waals surface area contributed by atoms with Crippen LogP contribution in [0.1, 0.15) is 29.8 Å². The zero-order valence-electron chi connectivity index (χ0n) is 14.8. The number of aromatic amines is 1. The molecule has 3 aromatic rings. The van der Waals surface area contributed by atoms with Gasteiger partial charge in [0.05, 0.1) is 10.4 Å². The average Bonchev–Trinajstić information content (AvgIpc) is 3.09. The first-order valence-electron chi connectivity index (χ1n) is 8.57. The number of pyridine rings is 1. The largest absolute Gasteiger partial charge is 0.346 e. The molecule has 0 unspecified atom stereocenters. The lowest BCUT2D eigenvalue weighted by molar-refractivity contribution is 0.0700. The number of nitrogens with zero attached hydrogens (tertiary/aromatic N) is 4. The summed E-state index contributed by atoms with van der Waals surface area (Å²) in [6.45, 7) is 0. The van der Waals surface area contributed by atoms with Gasteiger partial charge in [0.1, 0.15) is 34.8 Å². The van der Waals surface area contributed by atoms with Crippen molar-refractivity contribution in [3.05, 3.63) is 45.7 Å². The van der Waals surface area contributed by atoms with Gasteiger partial charge in [0, 0.05) is 13.2 Å². The van der Waals surface area contributed by atoms with Crippen LogP contribution in [0.25, 0.3) is 11.0 Å². The van der Waals surface area contributed by atoms with Gasteiger partial charge in [0.25, 0.3) is 11.5 Å². The highest BCUT2D eigenvalue weighted by atomic mass is 35.5. The summed E-state index contributed by atoms with van der Waals surface area (Å²) in [5.74, 6) is 0.146. The summed E-state index contributed by atoms with van der Waals surface area (Å²) >= 11 is 6.37. The molecule has 5 rings (SSSR count). The molecule has 146 valence electrons. The second-order valence-electron chi connectivity index (χ2n) is 6.82. The number of aromatic nitrogens is 4. The number of hydrogen-bond acceptors (Lipinski definition) is 6. The van der Waals surface area contributed by atoms with E-state index in [4.69, 9.17) is 11.6 Å². The molecule has 11 heteroatoms. The highest BCUT2D eigenvalue weighted by Crippen LogP contribution is 2.37. The maximum Gasteiger partial charge on any atom is 0.293 e. The molecule has 4 heterocycles.